The van der Waals surface area contributed by atoms with Crippen LogP contribution in [0.5, 0.6) is 0 Å². The fourth-order valence-corrected chi connectivity index (χ4v) is 3.87. The first kappa shape index (κ1) is 19.6. The van der Waals surface area contributed by atoms with E-state index in [1.165, 1.54) is 5.56 Å². The van der Waals surface area contributed by atoms with Crippen LogP contribution < -0.4 is 0 Å². The van der Waals surface area contributed by atoms with Crippen LogP contribution in [0.4, 0.5) is 0 Å². The average molecular weight is 366 g/mol. The van der Waals surface area contributed by atoms with Gasteiger partial charge in [-0.3, -0.25) is 14.6 Å². The summed E-state index contributed by atoms with van der Waals surface area (Å²) in [4.78, 5) is 20.0. The van der Waals surface area contributed by atoms with Crippen LogP contribution in [0.3, 0.4) is 0 Å². The molecule has 4 nitrogen and oxygen atoms in total. The van der Waals surface area contributed by atoms with E-state index in [0.29, 0.717) is 0 Å². The summed E-state index contributed by atoms with van der Waals surface area (Å²) in [6.45, 7) is 10.4. The van der Waals surface area contributed by atoms with Crippen LogP contribution in [0.2, 0.25) is 0 Å². The molecule has 0 bridgehead atoms. The molecule has 3 rings (SSSR count). The summed E-state index contributed by atoms with van der Waals surface area (Å²) in [5.74, 6) is 0.225. The van der Waals surface area contributed by atoms with E-state index >= 15 is 0 Å². The number of rotatable bonds is 7. The van der Waals surface area contributed by atoms with Gasteiger partial charge in [-0.2, -0.15) is 0 Å². The first-order valence-electron chi connectivity index (χ1n) is 10.1. The van der Waals surface area contributed by atoms with E-state index in [2.05, 4.69) is 66.1 Å². The second kappa shape index (κ2) is 9.67. The van der Waals surface area contributed by atoms with Crippen molar-refractivity contribution >= 4 is 5.91 Å². The van der Waals surface area contributed by atoms with E-state index < -0.39 is 0 Å². The van der Waals surface area contributed by atoms with E-state index in [-0.39, 0.29) is 11.9 Å². The number of nitrogens with zero attached hydrogens (tertiary/aromatic N) is 3. The summed E-state index contributed by atoms with van der Waals surface area (Å²) >= 11 is 0. The molecule has 2 aromatic rings. The van der Waals surface area contributed by atoms with E-state index in [0.717, 1.165) is 51.4 Å². The standard InChI is InChI=1S/C23H31N3O/c1-3-25(4-2)23(27)22(21-13-9-6-10-14-21)26-17-15-24(16-18-26)19-20-11-7-5-8-12-20/h5-14,22H,3-4,15-19H2,1-2H3. The van der Waals surface area contributed by atoms with Crippen LogP contribution in [-0.2, 0) is 11.3 Å². The van der Waals surface area contributed by atoms with E-state index in [1.54, 1.807) is 0 Å². The third-order valence-electron chi connectivity index (χ3n) is 5.45. The normalized spacial score (nSPS) is 16.8. The minimum Gasteiger partial charge on any atom is -0.342 e. The monoisotopic (exact) mass is 365 g/mol. The zero-order valence-corrected chi connectivity index (χ0v) is 16.6. The molecule has 27 heavy (non-hydrogen) atoms. The maximum Gasteiger partial charge on any atom is 0.244 e. The van der Waals surface area contributed by atoms with Crippen molar-refractivity contribution < 1.29 is 4.79 Å². The van der Waals surface area contributed by atoms with Gasteiger partial charge in [-0.25, -0.2) is 0 Å². The summed E-state index contributed by atoms with van der Waals surface area (Å²) in [7, 11) is 0. The topological polar surface area (TPSA) is 26.8 Å². The number of carbonyl (C=O) groups is 1. The first-order chi connectivity index (χ1) is 13.2. The number of likely N-dealkylation sites (N-methyl/N-ethyl adjacent to an activating group) is 1. The summed E-state index contributed by atoms with van der Waals surface area (Å²) < 4.78 is 0. The Balaban J connectivity index is 1.70. The minimum absolute atomic E-state index is 0.176. The predicted molar refractivity (Wildman–Crippen MR) is 110 cm³/mol. The van der Waals surface area contributed by atoms with Crippen LogP contribution in [0.25, 0.3) is 0 Å². The first-order valence-corrected chi connectivity index (χ1v) is 10.1. The lowest BCUT2D eigenvalue weighted by atomic mass is 10.0. The molecule has 0 spiro atoms. The molecule has 1 saturated heterocycles. The van der Waals surface area contributed by atoms with Crippen LogP contribution in [0, 0.1) is 0 Å². The highest BCUT2D eigenvalue weighted by molar-refractivity contribution is 5.83. The van der Waals surface area contributed by atoms with Gasteiger partial charge in [-0.05, 0) is 25.0 Å². The molecule has 0 radical (unpaired) electrons. The van der Waals surface area contributed by atoms with Crippen molar-refractivity contribution in [2.45, 2.75) is 26.4 Å². The molecule has 1 atom stereocenters. The molecule has 1 heterocycles. The molecule has 144 valence electrons. The fraction of sp³-hybridized carbons (Fsp3) is 0.435. The molecule has 1 aliphatic rings. The molecule has 0 aliphatic carbocycles. The Bertz CT molecular complexity index is 692. The maximum absolute atomic E-state index is 13.2. The Hall–Kier alpha value is -2.17. The van der Waals surface area contributed by atoms with Gasteiger partial charge in [0.05, 0.1) is 0 Å². The number of piperazine rings is 1. The highest BCUT2D eigenvalue weighted by atomic mass is 16.2. The number of amides is 1. The Kier molecular flexibility index (Phi) is 7.02. The smallest absolute Gasteiger partial charge is 0.244 e. The molecule has 1 fully saturated rings. The average Bonchev–Trinajstić information content (AvgIpc) is 2.72. The fourth-order valence-electron chi connectivity index (χ4n) is 3.87. The zero-order chi connectivity index (χ0) is 19.1. The predicted octanol–water partition coefficient (Wildman–Crippen LogP) is 3.41. The summed E-state index contributed by atoms with van der Waals surface area (Å²) in [5, 5.41) is 0. The van der Waals surface area contributed by atoms with Crippen LogP contribution in [0.15, 0.2) is 60.7 Å². The van der Waals surface area contributed by atoms with Gasteiger partial charge in [0.1, 0.15) is 6.04 Å². The quantitative estimate of drug-likeness (QED) is 0.752. The lowest BCUT2D eigenvalue weighted by Crippen LogP contribution is -2.51. The Labute approximate surface area is 163 Å². The second-order valence-corrected chi connectivity index (χ2v) is 7.12. The van der Waals surface area contributed by atoms with Crippen LogP contribution >= 0.6 is 0 Å². The van der Waals surface area contributed by atoms with Crippen molar-refractivity contribution in [1.29, 1.82) is 0 Å². The van der Waals surface area contributed by atoms with Crippen molar-refractivity contribution in [3.8, 4) is 0 Å². The Morgan fingerprint density at radius 2 is 1.44 bits per heavy atom. The Morgan fingerprint density at radius 3 is 2.00 bits per heavy atom. The highest BCUT2D eigenvalue weighted by Gasteiger charge is 2.32. The third-order valence-corrected chi connectivity index (χ3v) is 5.45. The van der Waals surface area contributed by atoms with Crippen molar-refractivity contribution in [2.24, 2.45) is 0 Å². The van der Waals surface area contributed by atoms with E-state index in [4.69, 9.17) is 0 Å². The van der Waals surface area contributed by atoms with Crippen molar-refractivity contribution in [3.05, 3.63) is 71.8 Å². The van der Waals surface area contributed by atoms with Gasteiger partial charge in [-0.15, -0.1) is 0 Å². The summed E-state index contributed by atoms with van der Waals surface area (Å²) in [6.07, 6.45) is 0. The summed E-state index contributed by atoms with van der Waals surface area (Å²) in [5.41, 5.74) is 2.45. The molecule has 2 aromatic carbocycles. The third kappa shape index (κ3) is 4.96. The van der Waals surface area contributed by atoms with Gasteiger partial charge in [0.25, 0.3) is 0 Å². The molecule has 1 unspecified atom stereocenters. The van der Waals surface area contributed by atoms with Gasteiger partial charge in [0.2, 0.25) is 5.91 Å². The van der Waals surface area contributed by atoms with Gasteiger partial charge in [0, 0.05) is 45.8 Å². The highest BCUT2D eigenvalue weighted by Crippen LogP contribution is 2.25. The second-order valence-electron chi connectivity index (χ2n) is 7.12. The number of hydrogen-bond acceptors (Lipinski definition) is 3. The molecule has 1 amide bonds. The molecule has 0 N–H and O–H groups in total. The molecular formula is C23H31N3O. The largest absolute Gasteiger partial charge is 0.342 e. The molecular weight excluding hydrogens is 334 g/mol. The van der Waals surface area contributed by atoms with E-state index in [1.807, 2.05) is 23.1 Å². The van der Waals surface area contributed by atoms with Crippen LogP contribution in [0.1, 0.15) is 31.0 Å². The number of carbonyl (C=O) groups excluding carboxylic acids is 1. The lowest BCUT2D eigenvalue weighted by molar-refractivity contribution is -0.137. The SMILES string of the molecule is CCN(CC)C(=O)C(c1ccccc1)N1CCN(Cc2ccccc2)CC1. The summed E-state index contributed by atoms with van der Waals surface area (Å²) in [6, 6.07) is 20.7. The zero-order valence-electron chi connectivity index (χ0n) is 16.6. The van der Waals surface area contributed by atoms with Crippen molar-refractivity contribution in [2.75, 3.05) is 39.3 Å². The van der Waals surface area contributed by atoms with Gasteiger partial charge >= 0.3 is 0 Å². The minimum atomic E-state index is -0.176. The van der Waals surface area contributed by atoms with Gasteiger partial charge < -0.3 is 4.90 Å². The molecule has 1 aliphatic heterocycles. The molecule has 4 heteroatoms. The van der Waals surface area contributed by atoms with E-state index in [9.17, 15) is 4.79 Å². The van der Waals surface area contributed by atoms with Crippen molar-refractivity contribution in [3.63, 3.8) is 0 Å². The number of hydrogen-bond donors (Lipinski definition) is 0. The number of benzene rings is 2. The van der Waals surface area contributed by atoms with Crippen LogP contribution in [-0.4, -0.2) is 59.9 Å². The van der Waals surface area contributed by atoms with Crippen molar-refractivity contribution in [1.82, 2.24) is 14.7 Å². The lowest BCUT2D eigenvalue weighted by Gasteiger charge is -2.40. The maximum atomic E-state index is 13.2. The van der Waals surface area contributed by atoms with Gasteiger partial charge in [-0.1, -0.05) is 60.7 Å². The molecule has 0 saturated carbocycles. The Morgan fingerprint density at radius 1 is 0.889 bits per heavy atom. The van der Waals surface area contributed by atoms with Gasteiger partial charge in [0.15, 0.2) is 0 Å². The molecule has 0 aromatic heterocycles.